The number of nitrogens with zero attached hydrogens (tertiary/aromatic N) is 3. The van der Waals surface area contributed by atoms with Crippen LogP contribution >= 0.6 is 36.4 Å². The van der Waals surface area contributed by atoms with Crippen molar-refractivity contribution in [1.82, 2.24) is 9.97 Å². The molecule has 2 atom stereocenters. The maximum atomic E-state index is 12.8. The molecule has 0 saturated carbocycles. The lowest BCUT2D eigenvalue weighted by Crippen LogP contribution is -2.22. The van der Waals surface area contributed by atoms with Gasteiger partial charge in [0, 0.05) is 11.9 Å². The van der Waals surface area contributed by atoms with Gasteiger partial charge in [0.15, 0.2) is 0 Å². The largest absolute Gasteiger partial charge is 0.420 e. The van der Waals surface area contributed by atoms with E-state index in [0.717, 1.165) is 30.2 Å². The highest BCUT2D eigenvalue weighted by Crippen LogP contribution is 2.54. The lowest BCUT2D eigenvalue weighted by Gasteiger charge is -2.23. The number of fused-ring (bicyclic) bond motifs is 5. The van der Waals surface area contributed by atoms with Gasteiger partial charge < -0.3 is 10.6 Å². The van der Waals surface area contributed by atoms with Gasteiger partial charge >= 0.3 is 6.18 Å². The smallest absolute Gasteiger partial charge is 0.399 e. The minimum atomic E-state index is -4.56. The molecule has 4 nitrogen and oxygen atoms in total. The van der Waals surface area contributed by atoms with Crippen LogP contribution in [0.5, 0.6) is 0 Å². The van der Waals surface area contributed by atoms with Gasteiger partial charge in [-0.15, -0.1) is 24.8 Å². The molecule has 0 unspecified atom stereocenters. The van der Waals surface area contributed by atoms with E-state index in [2.05, 4.69) is 9.97 Å². The molecule has 1 saturated heterocycles. The molecule has 0 spiro atoms. The van der Waals surface area contributed by atoms with E-state index in [4.69, 9.17) is 17.3 Å². The third kappa shape index (κ3) is 3.09. The van der Waals surface area contributed by atoms with Crippen molar-refractivity contribution in [2.24, 2.45) is 0 Å². The topological polar surface area (TPSA) is 55.0 Å². The van der Waals surface area contributed by atoms with E-state index in [1.165, 1.54) is 0 Å². The standard InChI is InChI=1S/C15H12ClF3N4.2ClH/c16-13-10(15(17,18)19)6-21-14(22-13)23-11-3-4-12(23)9-5-7(20)1-2-8(9)11;;/h1-2,5-6,11-12H,3-4,20H2;2*1H/t11-,12+;;/m0../s1. The normalized spacial score (nSPS) is 20.7. The van der Waals surface area contributed by atoms with Crippen LogP contribution in [-0.4, -0.2) is 9.97 Å². The molecular weight excluding hydrogens is 400 g/mol. The average molecular weight is 414 g/mol. The molecule has 2 N–H and O–H groups in total. The summed E-state index contributed by atoms with van der Waals surface area (Å²) >= 11 is 5.73. The number of hydrogen-bond donors (Lipinski definition) is 1. The van der Waals surface area contributed by atoms with Gasteiger partial charge in [-0.3, -0.25) is 0 Å². The average Bonchev–Trinajstić information content (AvgIpc) is 3.02. The molecular formula is C15H14Cl3F3N4. The highest BCUT2D eigenvalue weighted by atomic mass is 35.5. The predicted molar refractivity (Wildman–Crippen MR) is 94.6 cm³/mol. The number of rotatable bonds is 1. The molecule has 4 rings (SSSR count). The maximum Gasteiger partial charge on any atom is 0.420 e. The van der Waals surface area contributed by atoms with Gasteiger partial charge in [0.2, 0.25) is 5.95 Å². The molecule has 2 aliphatic rings. The van der Waals surface area contributed by atoms with Crippen LogP contribution in [0, 0.1) is 0 Å². The first-order chi connectivity index (χ1) is 10.9. The lowest BCUT2D eigenvalue weighted by atomic mass is 9.91. The van der Waals surface area contributed by atoms with Crippen molar-refractivity contribution < 1.29 is 13.2 Å². The van der Waals surface area contributed by atoms with Crippen molar-refractivity contribution in [2.75, 3.05) is 10.6 Å². The molecule has 2 aromatic rings. The number of hydrogen-bond acceptors (Lipinski definition) is 4. The number of nitrogen functional groups attached to an aromatic ring is 1. The zero-order valence-corrected chi connectivity index (χ0v) is 15.0. The molecule has 0 amide bonds. The second kappa shape index (κ2) is 6.70. The Bertz CT molecular complexity index is 800. The fourth-order valence-electron chi connectivity index (χ4n) is 3.55. The van der Waals surface area contributed by atoms with Gasteiger partial charge in [-0.2, -0.15) is 13.2 Å². The highest BCUT2D eigenvalue weighted by molar-refractivity contribution is 6.30. The van der Waals surface area contributed by atoms with Gasteiger partial charge in [0.05, 0.1) is 12.1 Å². The van der Waals surface area contributed by atoms with Crippen molar-refractivity contribution in [3.63, 3.8) is 0 Å². The number of benzene rings is 1. The Morgan fingerprint density at radius 3 is 2.36 bits per heavy atom. The van der Waals surface area contributed by atoms with Crippen molar-refractivity contribution in [2.45, 2.75) is 31.1 Å². The molecule has 10 heteroatoms. The van der Waals surface area contributed by atoms with E-state index in [-0.39, 0.29) is 42.8 Å². The second-order valence-electron chi connectivity index (χ2n) is 5.78. The first-order valence-electron chi connectivity index (χ1n) is 7.13. The van der Waals surface area contributed by atoms with Crippen LogP contribution < -0.4 is 10.6 Å². The van der Waals surface area contributed by atoms with Gasteiger partial charge in [-0.1, -0.05) is 17.7 Å². The Labute approximate surface area is 159 Å². The SMILES string of the molecule is Cl.Cl.Nc1ccc2c(c1)[C@H]1CC[C@@H]2N1c1ncc(C(F)(F)F)c(Cl)n1. The zero-order chi connectivity index (χ0) is 16.4. The minimum Gasteiger partial charge on any atom is -0.399 e. The molecule has 136 valence electrons. The minimum absolute atomic E-state index is 0. The molecule has 2 aliphatic heterocycles. The summed E-state index contributed by atoms with van der Waals surface area (Å²) in [6.07, 6.45) is -2.01. The summed E-state index contributed by atoms with van der Waals surface area (Å²) in [6, 6.07) is 5.80. The van der Waals surface area contributed by atoms with Crippen molar-refractivity contribution in [1.29, 1.82) is 0 Å². The Kier molecular flexibility index (Phi) is 5.33. The fourth-order valence-corrected chi connectivity index (χ4v) is 3.78. The lowest BCUT2D eigenvalue weighted by molar-refractivity contribution is -0.137. The van der Waals surface area contributed by atoms with Crippen LogP contribution in [-0.2, 0) is 6.18 Å². The maximum absolute atomic E-state index is 12.8. The molecule has 3 heterocycles. The van der Waals surface area contributed by atoms with Gasteiger partial charge in [-0.05, 0) is 36.1 Å². The summed E-state index contributed by atoms with van der Waals surface area (Å²) in [7, 11) is 0. The van der Waals surface area contributed by atoms with Crippen LogP contribution in [0.3, 0.4) is 0 Å². The summed E-state index contributed by atoms with van der Waals surface area (Å²) in [5.74, 6) is 0.227. The predicted octanol–water partition coefficient (Wildman–Crippen LogP) is 4.97. The molecule has 1 fully saturated rings. The monoisotopic (exact) mass is 412 g/mol. The summed E-state index contributed by atoms with van der Waals surface area (Å²) in [4.78, 5) is 9.75. The Hall–Kier alpha value is -1.44. The zero-order valence-electron chi connectivity index (χ0n) is 12.6. The van der Waals surface area contributed by atoms with Crippen molar-refractivity contribution in [3.8, 4) is 0 Å². The molecule has 1 aromatic heterocycles. The van der Waals surface area contributed by atoms with E-state index < -0.39 is 16.9 Å². The number of halogens is 6. The molecule has 25 heavy (non-hydrogen) atoms. The highest BCUT2D eigenvalue weighted by Gasteiger charge is 2.45. The van der Waals surface area contributed by atoms with Crippen molar-refractivity contribution in [3.05, 3.63) is 46.2 Å². The van der Waals surface area contributed by atoms with E-state index in [1.54, 1.807) is 0 Å². The quantitative estimate of drug-likeness (QED) is 0.530. The summed E-state index contributed by atoms with van der Waals surface area (Å²) < 4.78 is 38.4. The Balaban J connectivity index is 0.00000113. The van der Waals surface area contributed by atoms with E-state index in [0.29, 0.717) is 5.69 Å². The fraction of sp³-hybridized carbons (Fsp3) is 0.333. The summed E-state index contributed by atoms with van der Waals surface area (Å²) in [6.45, 7) is 0. The van der Waals surface area contributed by atoms with E-state index >= 15 is 0 Å². The first-order valence-corrected chi connectivity index (χ1v) is 7.51. The molecule has 2 bridgehead atoms. The number of nitrogens with two attached hydrogens (primary N) is 1. The van der Waals surface area contributed by atoms with Crippen LogP contribution in [0.1, 0.15) is 41.6 Å². The van der Waals surface area contributed by atoms with Gasteiger partial charge in [0.1, 0.15) is 10.7 Å². The number of aromatic nitrogens is 2. The Morgan fingerprint density at radius 1 is 1.12 bits per heavy atom. The third-order valence-electron chi connectivity index (χ3n) is 4.48. The van der Waals surface area contributed by atoms with Crippen LogP contribution in [0.2, 0.25) is 5.15 Å². The summed E-state index contributed by atoms with van der Waals surface area (Å²) in [5, 5.41) is -0.572. The van der Waals surface area contributed by atoms with E-state index in [9.17, 15) is 13.2 Å². The number of anilines is 2. The van der Waals surface area contributed by atoms with Crippen LogP contribution in [0.15, 0.2) is 24.4 Å². The van der Waals surface area contributed by atoms with Crippen molar-refractivity contribution >= 4 is 48.1 Å². The molecule has 0 radical (unpaired) electrons. The third-order valence-corrected chi connectivity index (χ3v) is 4.77. The molecule has 0 aliphatic carbocycles. The molecule has 1 aromatic carbocycles. The Morgan fingerprint density at radius 2 is 1.76 bits per heavy atom. The summed E-state index contributed by atoms with van der Waals surface area (Å²) in [5.41, 5.74) is 7.73. The second-order valence-corrected chi connectivity index (χ2v) is 6.13. The van der Waals surface area contributed by atoms with Crippen LogP contribution in [0.25, 0.3) is 0 Å². The van der Waals surface area contributed by atoms with Gasteiger partial charge in [-0.25, -0.2) is 9.97 Å². The number of alkyl halides is 3. The van der Waals surface area contributed by atoms with Gasteiger partial charge in [0.25, 0.3) is 0 Å². The van der Waals surface area contributed by atoms with Crippen LogP contribution in [0.4, 0.5) is 24.8 Å². The van der Waals surface area contributed by atoms with E-state index in [1.807, 2.05) is 23.1 Å². The first kappa shape index (κ1) is 19.9.